The SMILES string of the molecule is COC(=O)C1=C[C@@H](O)CC(O)C1. The van der Waals surface area contributed by atoms with Crippen molar-refractivity contribution in [1.29, 1.82) is 0 Å². The molecule has 0 aromatic rings. The third kappa shape index (κ3) is 2.06. The van der Waals surface area contributed by atoms with E-state index in [0.717, 1.165) is 0 Å². The predicted molar refractivity (Wildman–Crippen MR) is 41.3 cm³/mol. The predicted octanol–water partition coefficient (Wildman–Crippen LogP) is -0.399. The van der Waals surface area contributed by atoms with Gasteiger partial charge in [-0.1, -0.05) is 0 Å². The molecule has 1 aliphatic rings. The zero-order chi connectivity index (χ0) is 9.14. The second-order valence-corrected chi connectivity index (χ2v) is 2.84. The van der Waals surface area contributed by atoms with Gasteiger partial charge in [0.15, 0.2) is 0 Å². The minimum absolute atomic E-state index is 0.268. The second-order valence-electron chi connectivity index (χ2n) is 2.84. The monoisotopic (exact) mass is 172 g/mol. The molecule has 0 bridgehead atoms. The number of rotatable bonds is 1. The zero-order valence-electron chi connectivity index (χ0n) is 6.86. The van der Waals surface area contributed by atoms with Gasteiger partial charge in [0.25, 0.3) is 0 Å². The first-order valence-corrected chi connectivity index (χ1v) is 3.78. The van der Waals surface area contributed by atoms with Crippen molar-refractivity contribution in [3.63, 3.8) is 0 Å². The van der Waals surface area contributed by atoms with Gasteiger partial charge in [0.1, 0.15) is 0 Å². The van der Waals surface area contributed by atoms with Gasteiger partial charge in [-0.2, -0.15) is 0 Å². The molecule has 1 rings (SSSR count). The summed E-state index contributed by atoms with van der Waals surface area (Å²) in [5.41, 5.74) is 0.351. The van der Waals surface area contributed by atoms with Crippen molar-refractivity contribution < 1.29 is 19.7 Å². The number of methoxy groups -OCH3 is 1. The van der Waals surface area contributed by atoms with Gasteiger partial charge in [-0.05, 0) is 6.08 Å². The minimum Gasteiger partial charge on any atom is -0.466 e. The number of aliphatic hydroxyl groups is 2. The number of carbonyl (C=O) groups excluding carboxylic acids is 1. The fraction of sp³-hybridized carbons (Fsp3) is 0.625. The largest absolute Gasteiger partial charge is 0.466 e. The van der Waals surface area contributed by atoms with Crippen molar-refractivity contribution >= 4 is 5.97 Å². The Morgan fingerprint density at radius 1 is 1.67 bits per heavy atom. The van der Waals surface area contributed by atoms with Crippen LogP contribution in [0.25, 0.3) is 0 Å². The molecule has 4 nitrogen and oxygen atoms in total. The van der Waals surface area contributed by atoms with Gasteiger partial charge < -0.3 is 14.9 Å². The Balaban J connectivity index is 2.69. The van der Waals surface area contributed by atoms with Crippen LogP contribution in [0.4, 0.5) is 0 Å². The number of ether oxygens (including phenoxy) is 1. The summed E-state index contributed by atoms with van der Waals surface area (Å²) >= 11 is 0. The minimum atomic E-state index is -0.733. The van der Waals surface area contributed by atoms with Crippen LogP contribution in [-0.2, 0) is 9.53 Å². The van der Waals surface area contributed by atoms with E-state index in [4.69, 9.17) is 5.11 Å². The summed E-state index contributed by atoms with van der Waals surface area (Å²) in [5, 5.41) is 18.3. The Morgan fingerprint density at radius 3 is 2.83 bits per heavy atom. The van der Waals surface area contributed by atoms with Crippen LogP contribution in [0.3, 0.4) is 0 Å². The first kappa shape index (κ1) is 9.22. The number of carbonyl (C=O) groups is 1. The fourth-order valence-electron chi connectivity index (χ4n) is 1.27. The zero-order valence-corrected chi connectivity index (χ0v) is 6.86. The molecule has 68 valence electrons. The highest BCUT2D eigenvalue weighted by Gasteiger charge is 2.23. The van der Waals surface area contributed by atoms with Crippen LogP contribution in [0.15, 0.2) is 11.6 Å². The van der Waals surface area contributed by atoms with Gasteiger partial charge in [-0.3, -0.25) is 0 Å². The van der Waals surface area contributed by atoms with E-state index in [1.165, 1.54) is 13.2 Å². The maximum absolute atomic E-state index is 10.9. The van der Waals surface area contributed by atoms with Crippen molar-refractivity contribution in [3.05, 3.63) is 11.6 Å². The van der Waals surface area contributed by atoms with Crippen molar-refractivity contribution in [2.75, 3.05) is 7.11 Å². The Hall–Kier alpha value is -0.870. The Kier molecular flexibility index (Phi) is 2.83. The van der Waals surface area contributed by atoms with Crippen LogP contribution in [-0.4, -0.2) is 35.5 Å². The van der Waals surface area contributed by atoms with Gasteiger partial charge in [-0.15, -0.1) is 0 Å². The third-order valence-corrected chi connectivity index (χ3v) is 1.81. The lowest BCUT2D eigenvalue weighted by atomic mass is 9.95. The van der Waals surface area contributed by atoms with E-state index in [1.807, 2.05) is 0 Å². The van der Waals surface area contributed by atoms with E-state index < -0.39 is 18.2 Å². The van der Waals surface area contributed by atoms with E-state index in [0.29, 0.717) is 12.0 Å². The number of aliphatic hydroxyl groups excluding tert-OH is 2. The normalized spacial score (nSPS) is 29.4. The van der Waals surface area contributed by atoms with Crippen LogP contribution >= 0.6 is 0 Å². The number of hydrogen-bond donors (Lipinski definition) is 2. The summed E-state index contributed by atoms with van der Waals surface area (Å²) in [6.07, 6.45) is 0.616. The van der Waals surface area contributed by atoms with Gasteiger partial charge in [0.05, 0.1) is 19.3 Å². The van der Waals surface area contributed by atoms with E-state index in [1.54, 1.807) is 0 Å². The molecule has 2 atom stereocenters. The Morgan fingerprint density at radius 2 is 2.33 bits per heavy atom. The standard InChI is InChI=1S/C8H12O4/c1-12-8(11)5-2-6(9)4-7(10)3-5/h2,6-7,9-10H,3-4H2,1H3/t6-,7?/m1/s1. The lowest BCUT2D eigenvalue weighted by Gasteiger charge is -2.20. The smallest absolute Gasteiger partial charge is 0.333 e. The molecule has 0 amide bonds. The molecule has 0 aliphatic heterocycles. The summed E-state index contributed by atoms with van der Waals surface area (Å²) < 4.78 is 4.46. The van der Waals surface area contributed by atoms with Gasteiger partial charge in [-0.25, -0.2) is 4.79 Å². The van der Waals surface area contributed by atoms with Crippen LogP contribution in [0.2, 0.25) is 0 Å². The van der Waals surface area contributed by atoms with E-state index in [2.05, 4.69) is 4.74 Å². The maximum atomic E-state index is 10.9. The van der Waals surface area contributed by atoms with Crippen LogP contribution in [0.1, 0.15) is 12.8 Å². The topological polar surface area (TPSA) is 66.8 Å². The lowest BCUT2D eigenvalue weighted by molar-refractivity contribution is -0.136. The van der Waals surface area contributed by atoms with Crippen molar-refractivity contribution in [2.24, 2.45) is 0 Å². The molecule has 0 aromatic heterocycles. The molecule has 0 radical (unpaired) electrons. The van der Waals surface area contributed by atoms with E-state index in [9.17, 15) is 9.90 Å². The molecule has 0 saturated carbocycles. The highest BCUT2D eigenvalue weighted by atomic mass is 16.5. The van der Waals surface area contributed by atoms with Crippen LogP contribution in [0, 0.1) is 0 Å². The highest BCUT2D eigenvalue weighted by molar-refractivity contribution is 5.88. The molecule has 0 fully saturated rings. The number of hydrogen-bond acceptors (Lipinski definition) is 4. The first-order valence-electron chi connectivity index (χ1n) is 3.78. The van der Waals surface area contributed by atoms with Crippen molar-refractivity contribution in [2.45, 2.75) is 25.0 Å². The second kappa shape index (κ2) is 3.69. The molecule has 12 heavy (non-hydrogen) atoms. The molecule has 0 heterocycles. The summed E-state index contributed by atoms with van der Waals surface area (Å²) in [6, 6.07) is 0. The molecular formula is C8H12O4. The molecule has 2 N–H and O–H groups in total. The average molecular weight is 172 g/mol. The van der Waals surface area contributed by atoms with Crippen molar-refractivity contribution in [1.82, 2.24) is 0 Å². The summed E-state index contributed by atoms with van der Waals surface area (Å²) in [4.78, 5) is 10.9. The molecule has 1 aliphatic carbocycles. The van der Waals surface area contributed by atoms with E-state index >= 15 is 0 Å². The molecule has 4 heteroatoms. The first-order chi connectivity index (χ1) is 5.63. The lowest BCUT2D eigenvalue weighted by Crippen LogP contribution is -2.25. The third-order valence-electron chi connectivity index (χ3n) is 1.81. The summed E-state index contributed by atoms with van der Waals surface area (Å²) in [7, 11) is 1.27. The fourth-order valence-corrected chi connectivity index (χ4v) is 1.27. The average Bonchev–Trinajstić information content (AvgIpc) is 2.01. The van der Waals surface area contributed by atoms with Gasteiger partial charge in [0, 0.05) is 18.4 Å². The quantitative estimate of drug-likeness (QED) is 0.528. The molecule has 0 aromatic carbocycles. The summed E-state index contributed by atoms with van der Waals surface area (Å²) in [6.45, 7) is 0. The Labute approximate surface area is 70.5 Å². The highest BCUT2D eigenvalue weighted by Crippen LogP contribution is 2.19. The van der Waals surface area contributed by atoms with Crippen LogP contribution < -0.4 is 0 Å². The van der Waals surface area contributed by atoms with Gasteiger partial charge in [0.2, 0.25) is 0 Å². The van der Waals surface area contributed by atoms with Gasteiger partial charge >= 0.3 is 5.97 Å². The molecule has 0 spiro atoms. The molecule has 1 unspecified atom stereocenters. The summed E-state index contributed by atoms with van der Waals surface area (Å²) in [5.74, 6) is -0.479. The Bertz CT molecular complexity index is 209. The van der Waals surface area contributed by atoms with Crippen molar-refractivity contribution in [3.8, 4) is 0 Å². The molecular weight excluding hydrogens is 160 g/mol. The molecule has 0 saturated heterocycles. The maximum Gasteiger partial charge on any atom is 0.333 e. The van der Waals surface area contributed by atoms with Crippen LogP contribution in [0.5, 0.6) is 0 Å². The van der Waals surface area contributed by atoms with E-state index in [-0.39, 0.29) is 6.42 Å². The number of esters is 1.